The maximum Gasteiger partial charge on any atom is 0.326 e. The van der Waals surface area contributed by atoms with E-state index < -0.39 is 12.0 Å². The maximum atomic E-state index is 11.7. The Morgan fingerprint density at radius 1 is 1.56 bits per heavy atom. The van der Waals surface area contributed by atoms with Gasteiger partial charge in [0.1, 0.15) is 6.04 Å². The number of carbonyl (C=O) groups excluding carboxylic acids is 1. The van der Waals surface area contributed by atoms with Gasteiger partial charge in [-0.2, -0.15) is 0 Å². The average molecular weight is 228 g/mol. The molecule has 92 valence electrons. The zero-order valence-electron chi connectivity index (χ0n) is 9.82. The van der Waals surface area contributed by atoms with Gasteiger partial charge in [0, 0.05) is 0 Å². The highest BCUT2D eigenvalue weighted by Gasteiger charge is 2.29. The third-order valence-corrected chi connectivity index (χ3v) is 3.15. The van der Waals surface area contributed by atoms with Gasteiger partial charge in [0.2, 0.25) is 5.91 Å². The smallest absolute Gasteiger partial charge is 0.326 e. The molecule has 3 atom stereocenters. The summed E-state index contributed by atoms with van der Waals surface area (Å²) in [5.74, 6) is -1.20. The Morgan fingerprint density at radius 2 is 2.25 bits per heavy atom. The molecule has 16 heavy (non-hydrogen) atoms. The molecule has 0 unspecified atom stereocenters. The summed E-state index contributed by atoms with van der Waals surface area (Å²) in [4.78, 5) is 22.8. The summed E-state index contributed by atoms with van der Waals surface area (Å²) in [6.07, 6.45) is 2.49. The number of carboxylic acid groups (broad SMARTS) is 1. The minimum Gasteiger partial charge on any atom is -0.480 e. The minimum atomic E-state index is -0.958. The summed E-state index contributed by atoms with van der Waals surface area (Å²) in [5.41, 5.74) is 0. The summed E-state index contributed by atoms with van der Waals surface area (Å²) in [6.45, 7) is 4.58. The number of rotatable bonds is 5. The summed E-state index contributed by atoms with van der Waals surface area (Å²) in [6, 6.07) is -0.995. The van der Waals surface area contributed by atoms with Crippen molar-refractivity contribution in [1.29, 1.82) is 0 Å². The molecule has 1 heterocycles. The molecule has 0 radical (unpaired) electrons. The molecule has 0 saturated carbocycles. The molecule has 5 heteroatoms. The van der Waals surface area contributed by atoms with Crippen LogP contribution in [0.5, 0.6) is 0 Å². The number of nitrogens with one attached hydrogen (secondary N) is 2. The van der Waals surface area contributed by atoms with Crippen LogP contribution in [-0.2, 0) is 9.59 Å². The van der Waals surface area contributed by atoms with E-state index in [-0.39, 0.29) is 17.9 Å². The fourth-order valence-corrected chi connectivity index (χ4v) is 1.85. The Balaban J connectivity index is 2.53. The fraction of sp³-hybridized carbons (Fsp3) is 0.818. The lowest BCUT2D eigenvalue weighted by Crippen LogP contribution is -2.50. The normalized spacial score (nSPS) is 23.8. The molecule has 0 bridgehead atoms. The first-order valence-electron chi connectivity index (χ1n) is 5.82. The van der Waals surface area contributed by atoms with E-state index in [9.17, 15) is 9.59 Å². The van der Waals surface area contributed by atoms with Crippen molar-refractivity contribution < 1.29 is 14.7 Å². The van der Waals surface area contributed by atoms with Crippen molar-refractivity contribution in [1.82, 2.24) is 10.6 Å². The van der Waals surface area contributed by atoms with E-state index in [1.165, 1.54) is 0 Å². The van der Waals surface area contributed by atoms with E-state index in [0.29, 0.717) is 0 Å². The lowest BCUT2D eigenvalue weighted by atomic mass is 9.99. The second-order valence-corrected chi connectivity index (χ2v) is 4.36. The Bertz CT molecular complexity index is 262. The highest BCUT2D eigenvalue weighted by Crippen LogP contribution is 2.10. The predicted molar refractivity (Wildman–Crippen MR) is 60.0 cm³/mol. The van der Waals surface area contributed by atoms with E-state index in [0.717, 1.165) is 25.8 Å². The first-order valence-corrected chi connectivity index (χ1v) is 5.82. The topological polar surface area (TPSA) is 78.4 Å². The number of aliphatic carboxylic acids is 1. The maximum absolute atomic E-state index is 11.7. The summed E-state index contributed by atoms with van der Waals surface area (Å²) in [7, 11) is 0. The van der Waals surface area contributed by atoms with Gasteiger partial charge in [-0.1, -0.05) is 20.3 Å². The first-order chi connectivity index (χ1) is 7.56. The van der Waals surface area contributed by atoms with Gasteiger partial charge in [-0.15, -0.1) is 0 Å². The summed E-state index contributed by atoms with van der Waals surface area (Å²) >= 11 is 0. The monoisotopic (exact) mass is 228 g/mol. The van der Waals surface area contributed by atoms with Crippen LogP contribution < -0.4 is 10.6 Å². The van der Waals surface area contributed by atoms with Crippen molar-refractivity contribution in [2.75, 3.05) is 6.54 Å². The third kappa shape index (κ3) is 3.20. The quantitative estimate of drug-likeness (QED) is 0.634. The number of hydrogen-bond donors (Lipinski definition) is 3. The van der Waals surface area contributed by atoms with Crippen LogP contribution in [0.3, 0.4) is 0 Å². The zero-order valence-corrected chi connectivity index (χ0v) is 9.82. The first kappa shape index (κ1) is 13.0. The Kier molecular flexibility index (Phi) is 4.73. The summed E-state index contributed by atoms with van der Waals surface area (Å²) in [5, 5.41) is 14.7. The van der Waals surface area contributed by atoms with E-state index in [1.54, 1.807) is 0 Å². The summed E-state index contributed by atoms with van der Waals surface area (Å²) < 4.78 is 0. The van der Waals surface area contributed by atoms with Gasteiger partial charge in [0.15, 0.2) is 0 Å². The molecule has 1 fully saturated rings. The second-order valence-electron chi connectivity index (χ2n) is 4.36. The highest BCUT2D eigenvalue weighted by molar-refractivity contribution is 5.87. The van der Waals surface area contributed by atoms with Crippen LogP contribution in [0.15, 0.2) is 0 Å². The lowest BCUT2D eigenvalue weighted by Gasteiger charge is -2.22. The molecule has 5 nitrogen and oxygen atoms in total. The van der Waals surface area contributed by atoms with Crippen LogP contribution in [0.4, 0.5) is 0 Å². The Morgan fingerprint density at radius 3 is 2.69 bits per heavy atom. The van der Waals surface area contributed by atoms with Crippen LogP contribution in [0.25, 0.3) is 0 Å². The zero-order chi connectivity index (χ0) is 12.1. The van der Waals surface area contributed by atoms with Crippen LogP contribution >= 0.6 is 0 Å². The number of amides is 1. The van der Waals surface area contributed by atoms with Crippen molar-refractivity contribution in [3.63, 3.8) is 0 Å². The van der Waals surface area contributed by atoms with Crippen LogP contribution in [-0.4, -0.2) is 35.6 Å². The van der Waals surface area contributed by atoms with E-state index in [1.807, 2.05) is 13.8 Å². The number of carbonyl (C=O) groups is 2. The fourth-order valence-electron chi connectivity index (χ4n) is 1.85. The lowest BCUT2D eigenvalue weighted by molar-refractivity contribution is -0.143. The Hall–Kier alpha value is -1.10. The average Bonchev–Trinajstić information content (AvgIpc) is 2.77. The second kappa shape index (κ2) is 5.84. The van der Waals surface area contributed by atoms with Gasteiger partial charge in [-0.25, -0.2) is 4.79 Å². The van der Waals surface area contributed by atoms with Gasteiger partial charge in [0.25, 0.3) is 0 Å². The molecule has 0 aromatic rings. The molecule has 1 saturated heterocycles. The van der Waals surface area contributed by atoms with Gasteiger partial charge in [0.05, 0.1) is 6.04 Å². The molecule has 0 aromatic carbocycles. The molecule has 1 aliphatic heterocycles. The molecular formula is C11H20N2O3. The predicted octanol–water partition coefficient (Wildman–Crippen LogP) is 0.354. The SMILES string of the molecule is CC[C@@H](C)[C@H](NC(=O)[C@@H]1CCCN1)C(=O)O. The molecule has 1 amide bonds. The Labute approximate surface area is 95.6 Å². The van der Waals surface area contributed by atoms with E-state index in [4.69, 9.17) is 5.11 Å². The van der Waals surface area contributed by atoms with Gasteiger partial charge in [-0.05, 0) is 25.3 Å². The molecule has 1 aliphatic rings. The molecular weight excluding hydrogens is 208 g/mol. The van der Waals surface area contributed by atoms with Crippen LogP contribution in [0.1, 0.15) is 33.1 Å². The number of carboxylic acids is 1. The number of hydrogen-bond acceptors (Lipinski definition) is 3. The standard InChI is InChI=1S/C11H20N2O3/c1-3-7(2)9(11(15)16)13-10(14)8-5-4-6-12-8/h7-9,12H,3-6H2,1-2H3,(H,13,14)(H,15,16)/t7-,8+,9+/m1/s1. The van der Waals surface area contributed by atoms with Crippen molar-refractivity contribution in [3.05, 3.63) is 0 Å². The van der Waals surface area contributed by atoms with Crippen molar-refractivity contribution in [3.8, 4) is 0 Å². The van der Waals surface area contributed by atoms with Crippen LogP contribution in [0, 0.1) is 5.92 Å². The molecule has 3 N–H and O–H groups in total. The third-order valence-electron chi connectivity index (χ3n) is 3.15. The van der Waals surface area contributed by atoms with E-state index >= 15 is 0 Å². The van der Waals surface area contributed by atoms with Crippen LogP contribution in [0.2, 0.25) is 0 Å². The van der Waals surface area contributed by atoms with Gasteiger partial charge in [-0.3, -0.25) is 4.79 Å². The minimum absolute atomic E-state index is 0.0529. The van der Waals surface area contributed by atoms with Crippen molar-refractivity contribution in [2.24, 2.45) is 5.92 Å². The largest absolute Gasteiger partial charge is 0.480 e. The molecule has 0 aromatic heterocycles. The molecule has 0 aliphatic carbocycles. The van der Waals surface area contributed by atoms with Gasteiger partial charge >= 0.3 is 5.97 Å². The van der Waals surface area contributed by atoms with E-state index in [2.05, 4.69) is 10.6 Å². The van der Waals surface area contributed by atoms with Crippen molar-refractivity contribution >= 4 is 11.9 Å². The highest BCUT2D eigenvalue weighted by atomic mass is 16.4. The van der Waals surface area contributed by atoms with Crippen molar-refractivity contribution in [2.45, 2.75) is 45.2 Å². The van der Waals surface area contributed by atoms with Gasteiger partial charge < -0.3 is 15.7 Å². The molecule has 1 rings (SSSR count). The molecule has 0 spiro atoms.